The number of hydrogen-bond donors (Lipinski definition) is 0. The van der Waals surface area contributed by atoms with Crippen molar-refractivity contribution in [2.45, 2.75) is 78.9 Å². The van der Waals surface area contributed by atoms with Gasteiger partial charge in [-0.05, 0) is 61.2 Å². The van der Waals surface area contributed by atoms with Crippen molar-refractivity contribution >= 4 is 0 Å². The molecule has 0 aromatic carbocycles. The molecule has 0 amide bonds. The van der Waals surface area contributed by atoms with Crippen molar-refractivity contribution in [1.29, 1.82) is 0 Å². The van der Waals surface area contributed by atoms with Crippen LogP contribution in [0, 0.1) is 11.3 Å². The fraction of sp³-hybridized carbons (Fsp3) is 1.00. The minimum Gasteiger partial charge on any atom is -0.299 e. The summed E-state index contributed by atoms with van der Waals surface area (Å²) >= 11 is 0. The zero-order chi connectivity index (χ0) is 15.4. The molecule has 19 heavy (non-hydrogen) atoms. The van der Waals surface area contributed by atoms with E-state index in [1.54, 1.807) is 0 Å². The number of hydrogen-bond acceptors (Lipinski definition) is 2. The summed E-state index contributed by atoms with van der Waals surface area (Å²) < 4.78 is 0. The van der Waals surface area contributed by atoms with E-state index < -0.39 is 0 Å². The van der Waals surface area contributed by atoms with Crippen molar-refractivity contribution in [3.05, 3.63) is 0 Å². The minimum atomic E-state index is 0.139. The smallest absolute Gasteiger partial charge is 0.0429 e. The minimum absolute atomic E-state index is 0.139. The number of rotatable bonds is 3. The molecule has 0 saturated carbocycles. The van der Waals surface area contributed by atoms with Crippen LogP contribution >= 0.6 is 0 Å². The molecule has 2 heteroatoms. The summed E-state index contributed by atoms with van der Waals surface area (Å²) in [5.41, 5.74) is 0.674. The van der Waals surface area contributed by atoms with Gasteiger partial charge in [0.1, 0.15) is 0 Å². The van der Waals surface area contributed by atoms with Gasteiger partial charge in [-0.3, -0.25) is 9.80 Å². The van der Waals surface area contributed by atoms with E-state index in [9.17, 15) is 0 Å². The molecule has 0 bridgehead atoms. The largest absolute Gasteiger partial charge is 0.299 e. The zero-order valence-electron chi connectivity index (χ0n) is 15.2. The molecule has 1 aliphatic rings. The topological polar surface area (TPSA) is 6.48 Å². The summed E-state index contributed by atoms with van der Waals surface area (Å²) in [4.78, 5) is 5.17. The van der Waals surface area contributed by atoms with Gasteiger partial charge >= 0.3 is 0 Å². The van der Waals surface area contributed by atoms with E-state index in [2.05, 4.69) is 86.2 Å². The average Bonchev–Trinajstić information content (AvgIpc) is 2.40. The molecule has 1 fully saturated rings. The van der Waals surface area contributed by atoms with Crippen molar-refractivity contribution in [1.82, 2.24) is 9.80 Å². The van der Waals surface area contributed by atoms with Crippen LogP contribution in [0.2, 0.25) is 0 Å². The molecule has 1 rings (SSSR count). The first-order chi connectivity index (χ1) is 8.33. The summed E-state index contributed by atoms with van der Waals surface area (Å²) in [5.74, 6) is 0.630. The Hall–Kier alpha value is -0.0800. The molecule has 114 valence electrons. The number of likely N-dealkylation sites (N-methyl/N-ethyl adjacent to an activating group) is 2. The molecule has 2 nitrogen and oxygen atoms in total. The third-order valence-electron chi connectivity index (χ3n) is 7.54. The Bertz CT molecular complexity index is 345. The molecule has 1 aliphatic heterocycles. The number of likely N-dealkylation sites (tertiary alicyclic amines) is 1. The van der Waals surface area contributed by atoms with Gasteiger partial charge in [0.25, 0.3) is 0 Å². The highest BCUT2D eigenvalue weighted by molar-refractivity contribution is 5.27. The lowest BCUT2D eigenvalue weighted by molar-refractivity contribution is -0.0493. The van der Waals surface area contributed by atoms with Gasteiger partial charge in [0.05, 0.1) is 0 Å². The summed E-state index contributed by atoms with van der Waals surface area (Å²) in [6.07, 6.45) is 0. The van der Waals surface area contributed by atoms with E-state index in [1.165, 1.54) is 0 Å². The van der Waals surface area contributed by atoms with Crippen LogP contribution in [0.5, 0.6) is 0 Å². The first-order valence-corrected chi connectivity index (χ1v) is 7.78. The quantitative estimate of drug-likeness (QED) is 0.767. The Morgan fingerprint density at radius 2 is 1.37 bits per heavy atom. The van der Waals surface area contributed by atoms with Crippen molar-refractivity contribution < 1.29 is 0 Å². The van der Waals surface area contributed by atoms with Gasteiger partial charge in [-0.15, -0.1) is 0 Å². The summed E-state index contributed by atoms with van der Waals surface area (Å²) in [6, 6.07) is 0. The van der Waals surface area contributed by atoms with Crippen molar-refractivity contribution in [3.63, 3.8) is 0 Å². The Balaban J connectivity index is 3.64. The lowest BCUT2D eigenvalue weighted by atomic mass is 9.55. The van der Waals surface area contributed by atoms with E-state index in [1.807, 2.05) is 0 Å². The molecular weight excluding hydrogens is 232 g/mol. The maximum absolute atomic E-state index is 2.60. The van der Waals surface area contributed by atoms with E-state index in [0.717, 1.165) is 6.54 Å². The maximum atomic E-state index is 2.60. The zero-order valence-corrected chi connectivity index (χ0v) is 15.2. The molecule has 0 aliphatic carbocycles. The first kappa shape index (κ1) is 17.0. The predicted octanol–water partition coefficient (Wildman–Crippen LogP) is 3.86. The van der Waals surface area contributed by atoms with E-state index in [4.69, 9.17) is 0 Å². The maximum Gasteiger partial charge on any atom is 0.0429 e. The van der Waals surface area contributed by atoms with Crippen LogP contribution in [-0.2, 0) is 0 Å². The van der Waals surface area contributed by atoms with Gasteiger partial charge in [0.15, 0.2) is 0 Å². The summed E-state index contributed by atoms with van der Waals surface area (Å²) in [6.45, 7) is 22.8. The predicted molar refractivity (Wildman–Crippen MR) is 85.6 cm³/mol. The van der Waals surface area contributed by atoms with Crippen LogP contribution in [0.25, 0.3) is 0 Å². The van der Waals surface area contributed by atoms with Crippen LogP contribution < -0.4 is 0 Å². The van der Waals surface area contributed by atoms with Crippen molar-refractivity contribution in [2.24, 2.45) is 11.3 Å². The van der Waals surface area contributed by atoms with Crippen LogP contribution in [-0.4, -0.2) is 47.1 Å². The normalized spacial score (nSPS) is 38.4. The second kappa shape index (κ2) is 4.46. The van der Waals surface area contributed by atoms with Gasteiger partial charge < -0.3 is 0 Å². The summed E-state index contributed by atoms with van der Waals surface area (Å²) in [5, 5.41) is 0. The second-order valence-electron chi connectivity index (χ2n) is 8.12. The molecule has 2 unspecified atom stereocenters. The molecule has 0 aromatic heterocycles. The van der Waals surface area contributed by atoms with Gasteiger partial charge in [-0.1, -0.05) is 27.7 Å². The van der Waals surface area contributed by atoms with Gasteiger partial charge in [-0.25, -0.2) is 0 Å². The monoisotopic (exact) mass is 268 g/mol. The van der Waals surface area contributed by atoms with Crippen LogP contribution in [0.15, 0.2) is 0 Å². The van der Waals surface area contributed by atoms with Crippen LogP contribution in [0.1, 0.15) is 62.3 Å². The molecule has 1 saturated heterocycles. The fourth-order valence-electron chi connectivity index (χ4n) is 5.05. The molecule has 0 radical (unpaired) electrons. The van der Waals surface area contributed by atoms with Crippen molar-refractivity contribution in [3.8, 4) is 0 Å². The van der Waals surface area contributed by atoms with E-state index >= 15 is 0 Å². The third-order valence-corrected chi connectivity index (χ3v) is 7.54. The Morgan fingerprint density at radius 3 is 1.68 bits per heavy atom. The molecule has 0 N–H and O–H groups in total. The van der Waals surface area contributed by atoms with Crippen LogP contribution in [0.3, 0.4) is 0 Å². The Morgan fingerprint density at radius 1 is 0.947 bits per heavy atom. The van der Waals surface area contributed by atoms with Crippen LogP contribution in [0.4, 0.5) is 0 Å². The SMILES string of the molecule is CCN(C)C1(C)C(C)(C)N(C)C(C)(C)C1(C)C(C)C. The summed E-state index contributed by atoms with van der Waals surface area (Å²) in [7, 11) is 4.59. The Kier molecular flexibility index (Phi) is 3.98. The molecule has 0 spiro atoms. The average molecular weight is 268 g/mol. The van der Waals surface area contributed by atoms with Gasteiger partial charge in [-0.2, -0.15) is 0 Å². The highest BCUT2D eigenvalue weighted by Crippen LogP contribution is 2.63. The molecule has 1 heterocycles. The highest BCUT2D eigenvalue weighted by atomic mass is 15.4. The van der Waals surface area contributed by atoms with E-state index in [-0.39, 0.29) is 22.0 Å². The lowest BCUT2D eigenvalue weighted by Gasteiger charge is -2.57. The Labute approximate surface area is 121 Å². The lowest BCUT2D eigenvalue weighted by Crippen LogP contribution is -2.66. The first-order valence-electron chi connectivity index (χ1n) is 7.78. The second-order valence-corrected chi connectivity index (χ2v) is 8.12. The third kappa shape index (κ3) is 1.62. The fourth-order valence-corrected chi connectivity index (χ4v) is 5.05. The number of nitrogens with zero attached hydrogens (tertiary/aromatic N) is 2. The molecule has 2 atom stereocenters. The van der Waals surface area contributed by atoms with Crippen molar-refractivity contribution in [2.75, 3.05) is 20.6 Å². The van der Waals surface area contributed by atoms with Gasteiger partial charge in [0, 0.05) is 22.0 Å². The van der Waals surface area contributed by atoms with E-state index in [0.29, 0.717) is 5.92 Å². The highest BCUT2D eigenvalue weighted by Gasteiger charge is 2.71. The standard InChI is InChI=1S/C17H36N2/c1-12-18(10)17(9)15(6,7)19(11)14(4,5)16(17,8)13(2)3/h13H,12H2,1-11H3. The molecular formula is C17H36N2. The van der Waals surface area contributed by atoms with Gasteiger partial charge in [0.2, 0.25) is 0 Å². The molecule has 0 aromatic rings.